The summed E-state index contributed by atoms with van der Waals surface area (Å²) in [5.74, 6) is 0. The Kier molecular flexibility index (Phi) is 242. The Morgan fingerprint density at radius 3 is 1.00 bits per heavy atom. The van der Waals surface area contributed by atoms with Crippen LogP contribution in [0.1, 0.15) is 0 Å². The van der Waals surface area contributed by atoms with Gasteiger partial charge in [-0.25, -0.2) is 4.39 Å². The van der Waals surface area contributed by atoms with E-state index in [1.165, 1.54) is 0 Å². The molecule has 0 saturated heterocycles. The van der Waals surface area contributed by atoms with Crippen LogP contribution in [-0.2, 0) is 50.0 Å². The Balaban J connectivity index is -0.00000000840. The quantitative estimate of drug-likeness (QED) is 0.467. The summed E-state index contributed by atoms with van der Waals surface area (Å²) in [5, 5.41) is 0. The summed E-state index contributed by atoms with van der Waals surface area (Å²) in [7, 11) is -2.99. The maximum atomic E-state index is 10.0. The standard InChI is InChI=1S/FO3S.5FH.2O.Ta/c1-4-5(2)3;;;;;;;;/h;5*1H;;;/q-1;;;;;;;;. The van der Waals surface area contributed by atoms with Gasteiger partial charge in [-0.2, -0.15) is 0 Å². The van der Waals surface area contributed by atoms with Crippen molar-refractivity contribution in [3.05, 3.63) is 0 Å². The van der Waals surface area contributed by atoms with Crippen LogP contribution in [0, 0.1) is 0 Å². The van der Waals surface area contributed by atoms with Crippen LogP contribution in [0.25, 0.3) is 0 Å². The fraction of sp³-hybridized carbons (Fsp3) is 0. The number of halogens is 6. The van der Waals surface area contributed by atoms with E-state index in [2.05, 4.69) is 4.39 Å². The average Bonchev–Trinajstić information content (AvgIpc) is 1.69. The van der Waals surface area contributed by atoms with Crippen molar-refractivity contribution in [1.82, 2.24) is 0 Å². The Morgan fingerprint density at radius 1 is 0.923 bits per heavy atom. The normalized spacial score (nSPS) is 4.15. The van der Waals surface area contributed by atoms with Crippen molar-refractivity contribution in [1.29, 1.82) is 0 Å². The van der Waals surface area contributed by atoms with Gasteiger partial charge in [-0.3, -0.25) is 23.5 Å². The van der Waals surface area contributed by atoms with Crippen molar-refractivity contribution in [3.63, 3.8) is 0 Å². The van der Waals surface area contributed by atoms with Crippen LogP contribution in [0.15, 0.2) is 0 Å². The summed E-state index contributed by atoms with van der Waals surface area (Å²) in [6.07, 6.45) is 0. The van der Waals surface area contributed by atoms with Crippen LogP contribution in [0.4, 0.5) is 28.0 Å². The molecule has 0 aromatic rings. The molecule has 5 nitrogen and oxygen atoms in total. The first-order valence-electron chi connectivity index (χ1n) is 1.02. The summed E-state index contributed by atoms with van der Waals surface area (Å²) in [4.78, 5) is 0. The Morgan fingerprint density at radius 2 is 1.00 bits per heavy atom. The van der Waals surface area contributed by atoms with Gasteiger partial charge >= 0.3 is 26.2 Å². The van der Waals surface area contributed by atoms with Crippen molar-refractivity contribution in [2.45, 2.75) is 0 Å². The van der Waals surface area contributed by atoms with Crippen molar-refractivity contribution >= 4 is 11.0 Å². The van der Waals surface area contributed by atoms with E-state index in [0.29, 0.717) is 0 Å². The van der Waals surface area contributed by atoms with E-state index in [-0.39, 0.29) is 23.5 Å². The van der Waals surface area contributed by atoms with Gasteiger partial charge in [0.1, 0.15) is 0 Å². The van der Waals surface area contributed by atoms with Gasteiger partial charge in [0, 0.05) is 0 Å². The van der Waals surface area contributed by atoms with Crippen LogP contribution in [0.2, 0.25) is 0 Å². The van der Waals surface area contributed by atoms with Crippen molar-refractivity contribution in [3.8, 4) is 0 Å². The van der Waals surface area contributed by atoms with Gasteiger partial charge in [-0.05, 0) is 0 Å². The second-order valence-electron chi connectivity index (χ2n) is 0.342. The Labute approximate surface area is 78.5 Å². The van der Waals surface area contributed by atoms with Crippen molar-refractivity contribution in [2.75, 3.05) is 0 Å². The number of hydrogen-bond acceptors (Lipinski definition) is 6. The molecule has 0 saturated carbocycles. The summed E-state index contributed by atoms with van der Waals surface area (Å²) in [6.45, 7) is 0. The molecule has 13 heteroatoms. The minimum absolute atomic E-state index is 0. The molecule has 0 rings (SSSR count). The average molecular weight is 412 g/mol. The fourth-order valence-electron chi connectivity index (χ4n) is 0. The molecule has 0 atom stereocenters. The molecule has 0 N–H and O–H groups in total. The molecule has 0 unspecified atom stereocenters. The van der Waals surface area contributed by atoms with Gasteiger partial charge < -0.3 is 8.42 Å². The molecule has 0 aromatic carbocycles. The van der Waals surface area contributed by atoms with Crippen LogP contribution < -0.4 is 0 Å². The molecular formula is H5F6O5STa-. The monoisotopic (exact) mass is 412 g/mol. The van der Waals surface area contributed by atoms with Crippen LogP contribution in [0.3, 0.4) is 0 Å². The minimum atomic E-state index is -2.99. The predicted octanol–water partition coefficient (Wildman–Crippen LogP) is 0.634. The van der Waals surface area contributed by atoms with E-state index in [0.717, 1.165) is 0 Å². The van der Waals surface area contributed by atoms with Gasteiger partial charge in [0.05, 0.1) is 11.0 Å². The first-order valence-corrected chi connectivity index (χ1v) is 4.64. The zero-order chi connectivity index (χ0) is 6.99. The first kappa shape index (κ1) is 52.8. The number of hydrogen-bond donors (Lipinski definition) is 0. The number of rotatable bonds is 1. The van der Waals surface area contributed by atoms with Crippen LogP contribution in [0.5, 0.6) is 0 Å². The van der Waals surface area contributed by atoms with Gasteiger partial charge in [-0.1, -0.05) is 4.53 Å². The molecule has 0 bridgehead atoms. The Hall–Kier alpha value is -0.170. The summed E-state index contributed by atoms with van der Waals surface area (Å²) >= 11 is -2.33. The predicted molar refractivity (Wildman–Crippen MR) is 24.8 cm³/mol. The second-order valence-corrected chi connectivity index (χ2v) is 1.41. The third kappa shape index (κ3) is 341. The van der Waals surface area contributed by atoms with Crippen molar-refractivity contribution < 1.29 is 67.1 Å². The third-order valence-electron chi connectivity index (χ3n) is 0.0514. The van der Waals surface area contributed by atoms with Gasteiger partial charge in [0.15, 0.2) is 0 Å². The van der Waals surface area contributed by atoms with E-state index in [1.807, 2.05) is 0 Å². The van der Waals surface area contributed by atoms with Gasteiger partial charge in [-0.15, -0.1) is 0 Å². The van der Waals surface area contributed by atoms with E-state index >= 15 is 0 Å². The molecule has 0 aliphatic carbocycles. The summed E-state index contributed by atoms with van der Waals surface area (Å²) in [5.41, 5.74) is 0. The third-order valence-corrected chi connectivity index (χ3v) is 0.154. The zero-order valence-corrected chi connectivity index (χ0v) is 9.35. The SMILES string of the molecule is F.F.F.F.F.O=[S-](=O)OF.[O]=[Ta]=[O]. The topological polar surface area (TPSA) is 77.5 Å². The van der Waals surface area contributed by atoms with E-state index in [1.54, 1.807) is 0 Å². The van der Waals surface area contributed by atoms with Crippen molar-refractivity contribution in [2.24, 2.45) is 0 Å². The molecule has 0 amide bonds. The molecule has 0 fully saturated rings. The van der Waals surface area contributed by atoms with E-state index in [4.69, 9.17) is 14.9 Å². The first-order chi connectivity index (χ1) is 3.68. The second kappa shape index (κ2) is 59.5. The molecule has 0 spiro atoms. The molecule has 13 heavy (non-hydrogen) atoms. The molecular weight excluding hydrogens is 407 g/mol. The molecule has 0 heterocycles. The van der Waals surface area contributed by atoms with Gasteiger partial charge in [0.25, 0.3) is 0 Å². The fourth-order valence-corrected chi connectivity index (χ4v) is 0. The molecule has 89 valence electrons. The molecule has 0 aliphatic rings. The van der Waals surface area contributed by atoms with E-state index in [9.17, 15) is 4.53 Å². The van der Waals surface area contributed by atoms with Gasteiger partial charge in [0.2, 0.25) is 0 Å². The summed E-state index contributed by atoms with van der Waals surface area (Å²) in [6, 6.07) is 0. The summed E-state index contributed by atoms with van der Waals surface area (Å²) < 4.78 is 46.8. The maximum absolute atomic E-state index is 10.0. The van der Waals surface area contributed by atoms with E-state index < -0.39 is 30.7 Å². The van der Waals surface area contributed by atoms with Crippen LogP contribution in [-0.4, -0.2) is 0 Å². The molecule has 0 aromatic heterocycles. The van der Waals surface area contributed by atoms with Crippen LogP contribution >= 0.6 is 0 Å². The molecule has 0 radical (unpaired) electrons. The Bertz CT molecular complexity index is 132. The zero-order valence-electron chi connectivity index (χ0n) is 5.32. The molecule has 0 aliphatic heterocycles.